The molecule has 0 radical (unpaired) electrons. The Labute approximate surface area is 149 Å². The first-order chi connectivity index (χ1) is 11.0. The molecule has 1 saturated heterocycles. The van der Waals surface area contributed by atoms with E-state index in [0.717, 1.165) is 0 Å². The second kappa shape index (κ2) is 6.85. The Kier molecular flexibility index (Phi) is 5.41. The number of carbonyl (C=O) groups excluding carboxylic acids is 1. The third kappa shape index (κ3) is 4.58. The van der Waals surface area contributed by atoms with Crippen LogP contribution in [0.1, 0.15) is 27.2 Å². The summed E-state index contributed by atoms with van der Waals surface area (Å²) in [6.07, 6.45) is 1.19. The molecule has 2 heterocycles. The maximum atomic E-state index is 12.6. The first-order valence-electron chi connectivity index (χ1n) is 7.33. The number of carbonyl (C=O) groups is 1. The number of nitrogens with zero attached hydrogens (tertiary/aromatic N) is 2. The van der Waals surface area contributed by atoms with Gasteiger partial charge in [-0.25, -0.2) is 18.2 Å². The van der Waals surface area contributed by atoms with Gasteiger partial charge in [0.15, 0.2) is 0 Å². The molecular formula is C14H20BrN3O5S. The predicted molar refractivity (Wildman–Crippen MR) is 90.1 cm³/mol. The van der Waals surface area contributed by atoms with Crippen molar-refractivity contribution in [1.29, 1.82) is 0 Å². The van der Waals surface area contributed by atoms with Crippen molar-refractivity contribution in [2.75, 3.05) is 13.1 Å². The highest BCUT2D eigenvalue weighted by Gasteiger charge is 2.35. The van der Waals surface area contributed by atoms with Crippen LogP contribution in [0.3, 0.4) is 0 Å². The van der Waals surface area contributed by atoms with Crippen LogP contribution in [-0.2, 0) is 14.8 Å². The summed E-state index contributed by atoms with van der Waals surface area (Å²) in [5.41, 5.74) is -0.623. The summed E-state index contributed by atoms with van der Waals surface area (Å²) in [7, 11) is -3.90. The molecule has 0 bridgehead atoms. The van der Waals surface area contributed by atoms with E-state index in [1.807, 2.05) is 0 Å². The molecule has 1 aliphatic heterocycles. The highest BCUT2D eigenvalue weighted by atomic mass is 79.9. The lowest BCUT2D eigenvalue weighted by atomic mass is 10.2. The molecule has 1 aromatic rings. The van der Waals surface area contributed by atoms with Crippen molar-refractivity contribution in [2.45, 2.75) is 43.7 Å². The number of hydrogen-bond acceptors (Lipinski definition) is 6. The molecule has 1 atom stereocenters. The molecule has 1 aromatic heterocycles. The summed E-state index contributed by atoms with van der Waals surface area (Å²) in [5.74, 6) is -0.554. The smallest absolute Gasteiger partial charge is 0.407 e. The number of pyridine rings is 1. The highest BCUT2D eigenvalue weighted by molar-refractivity contribution is 9.10. The largest absolute Gasteiger partial charge is 0.492 e. The lowest BCUT2D eigenvalue weighted by Gasteiger charge is -2.22. The van der Waals surface area contributed by atoms with Crippen molar-refractivity contribution in [1.82, 2.24) is 14.6 Å². The fourth-order valence-corrected chi connectivity index (χ4v) is 4.32. The van der Waals surface area contributed by atoms with Gasteiger partial charge in [0.25, 0.3) is 0 Å². The van der Waals surface area contributed by atoms with Crippen molar-refractivity contribution < 1.29 is 23.1 Å². The van der Waals surface area contributed by atoms with E-state index in [9.17, 15) is 18.3 Å². The Morgan fingerprint density at radius 1 is 1.50 bits per heavy atom. The number of aromatic nitrogens is 1. The molecule has 0 saturated carbocycles. The van der Waals surface area contributed by atoms with Gasteiger partial charge in [-0.3, -0.25) is 0 Å². The summed E-state index contributed by atoms with van der Waals surface area (Å²) < 4.78 is 32.1. The van der Waals surface area contributed by atoms with Gasteiger partial charge in [-0.05, 0) is 49.2 Å². The van der Waals surface area contributed by atoms with Gasteiger partial charge in [-0.15, -0.1) is 0 Å². The van der Waals surface area contributed by atoms with E-state index < -0.39 is 27.6 Å². The van der Waals surface area contributed by atoms with Gasteiger partial charge in [-0.1, -0.05) is 0 Å². The highest BCUT2D eigenvalue weighted by Crippen LogP contribution is 2.28. The van der Waals surface area contributed by atoms with Crippen LogP contribution in [0.15, 0.2) is 21.6 Å². The van der Waals surface area contributed by atoms with E-state index in [2.05, 4.69) is 26.2 Å². The molecule has 0 aliphatic carbocycles. The Morgan fingerprint density at radius 3 is 2.79 bits per heavy atom. The minimum absolute atomic E-state index is 0.105. The average Bonchev–Trinajstić information content (AvgIpc) is 2.88. The summed E-state index contributed by atoms with van der Waals surface area (Å²) >= 11 is 3.14. The molecule has 1 amide bonds. The van der Waals surface area contributed by atoms with Gasteiger partial charge in [0.2, 0.25) is 15.9 Å². The van der Waals surface area contributed by atoms with Gasteiger partial charge >= 0.3 is 6.09 Å². The minimum atomic E-state index is -3.90. The third-order valence-corrected chi connectivity index (χ3v) is 5.59. The monoisotopic (exact) mass is 421 g/mol. The quantitative estimate of drug-likeness (QED) is 0.770. The van der Waals surface area contributed by atoms with Gasteiger partial charge in [0, 0.05) is 29.8 Å². The summed E-state index contributed by atoms with van der Waals surface area (Å²) in [6.45, 7) is 5.59. The van der Waals surface area contributed by atoms with Crippen molar-refractivity contribution in [3.63, 3.8) is 0 Å². The van der Waals surface area contributed by atoms with Crippen LogP contribution in [0.2, 0.25) is 0 Å². The average molecular weight is 422 g/mol. The van der Waals surface area contributed by atoms with Crippen molar-refractivity contribution in [2.24, 2.45) is 0 Å². The molecule has 10 heteroatoms. The number of hydrogen-bond donors (Lipinski definition) is 2. The van der Waals surface area contributed by atoms with Crippen LogP contribution in [0, 0.1) is 0 Å². The number of rotatable bonds is 3. The maximum absolute atomic E-state index is 12.6. The molecule has 1 fully saturated rings. The number of nitrogens with one attached hydrogen (secondary N) is 1. The SMILES string of the molecule is CC(C)(C)OC(=O)N[C@H]1CCN(S(=O)(=O)c2cc(Br)cnc2O)C1. The molecule has 1 aliphatic rings. The Morgan fingerprint density at radius 2 is 2.17 bits per heavy atom. The van der Waals surface area contributed by atoms with Crippen molar-refractivity contribution in [3.8, 4) is 5.88 Å². The van der Waals surface area contributed by atoms with E-state index in [1.165, 1.54) is 16.6 Å². The lowest BCUT2D eigenvalue weighted by molar-refractivity contribution is 0.0507. The first-order valence-corrected chi connectivity index (χ1v) is 9.56. The Bertz CT molecular complexity index is 732. The molecule has 2 N–H and O–H groups in total. The fourth-order valence-electron chi connectivity index (χ4n) is 2.28. The zero-order valence-corrected chi connectivity index (χ0v) is 16.0. The number of halogens is 1. The minimum Gasteiger partial charge on any atom is -0.492 e. The zero-order chi connectivity index (χ0) is 18.1. The molecule has 24 heavy (non-hydrogen) atoms. The number of amides is 1. The molecule has 134 valence electrons. The topological polar surface area (TPSA) is 109 Å². The van der Waals surface area contributed by atoms with Gasteiger partial charge in [0.05, 0.1) is 0 Å². The Balaban J connectivity index is 2.07. The Hall–Kier alpha value is -1.39. The molecular weight excluding hydrogens is 402 g/mol. The molecule has 0 spiro atoms. The number of sulfonamides is 1. The predicted octanol–water partition coefficient (Wildman–Crippen LogP) is 1.84. The van der Waals surface area contributed by atoms with Crippen LogP contribution in [0.4, 0.5) is 4.79 Å². The van der Waals surface area contributed by atoms with E-state index >= 15 is 0 Å². The van der Waals surface area contributed by atoms with E-state index in [-0.39, 0.29) is 24.0 Å². The van der Waals surface area contributed by atoms with Crippen LogP contribution in [0.5, 0.6) is 5.88 Å². The second-order valence-electron chi connectivity index (χ2n) is 6.47. The molecule has 2 rings (SSSR count). The number of ether oxygens (including phenoxy) is 1. The van der Waals surface area contributed by atoms with Gasteiger partial charge in [0.1, 0.15) is 10.5 Å². The molecule has 8 nitrogen and oxygen atoms in total. The maximum Gasteiger partial charge on any atom is 0.407 e. The zero-order valence-electron chi connectivity index (χ0n) is 13.6. The normalized spacial score (nSPS) is 19.2. The van der Waals surface area contributed by atoms with Gasteiger partial charge < -0.3 is 15.2 Å². The van der Waals surface area contributed by atoms with E-state index in [0.29, 0.717) is 10.9 Å². The second-order valence-corrected chi connectivity index (χ2v) is 9.29. The molecule has 0 unspecified atom stereocenters. The van der Waals surface area contributed by atoms with Crippen molar-refractivity contribution >= 4 is 32.0 Å². The van der Waals surface area contributed by atoms with Crippen molar-refractivity contribution in [3.05, 3.63) is 16.7 Å². The van der Waals surface area contributed by atoms with E-state index in [4.69, 9.17) is 4.74 Å². The van der Waals surface area contributed by atoms with Crippen LogP contribution in [-0.4, -0.2) is 53.6 Å². The standard InChI is InChI=1S/C14H20BrN3O5S/c1-14(2,3)23-13(20)17-10-4-5-18(8-10)24(21,22)11-6-9(15)7-16-12(11)19/h6-7,10H,4-5,8H2,1-3H3,(H,16,19)(H,17,20)/t10-/m0/s1. The first kappa shape index (κ1) is 18.9. The van der Waals surface area contributed by atoms with E-state index in [1.54, 1.807) is 20.8 Å². The summed E-state index contributed by atoms with van der Waals surface area (Å²) in [4.78, 5) is 15.2. The van der Waals surface area contributed by atoms with Gasteiger partial charge in [-0.2, -0.15) is 4.31 Å². The van der Waals surface area contributed by atoms with Crippen LogP contribution < -0.4 is 5.32 Å². The van der Waals surface area contributed by atoms with Crippen LogP contribution >= 0.6 is 15.9 Å². The third-order valence-electron chi connectivity index (χ3n) is 3.29. The molecule has 0 aromatic carbocycles. The number of alkyl carbamates (subject to hydrolysis) is 1. The summed E-state index contributed by atoms with van der Waals surface area (Å²) in [6, 6.07) is 0.948. The fraction of sp³-hybridized carbons (Fsp3) is 0.571. The van der Waals surface area contributed by atoms with Crippen LogP contribution in [0.25, 0.3) is 0 Å². The number of aromatic hydroxyl groups is 1. The summed E-state index contributed by atoms with van der Waals surface area (Å²) in [5, 5.41) is 12.4. The lowest BCUT2D eigenvalue weighted by Crippen LogP contribution is -2.41.